The third-order valence-electron chi connectivity index (χ3n) is 2.94. The van der Waals surface area contributed by atoms with Gasteiger partial charge in [-0.05, 0) is 30.3 Å². The predicted octanol–water partition coefficient (Wildman–Crippen LogP) is 2.79. The normalized spacial score (nSPS) is 10.5. The molecule has 0 spiro atoms. The van der Waals surface area contributed by atoms with E-state index in [9.17, 15) is 10.5 Å². The summed E-state index contributed by atoms with van der Waals surface area (Å²) < 4.78 is 1.33. The van der Waals surface area contributed by atoms with Crippen LogP contribution in [0.25, 0.3) is 16.6 Å². The van der Waals surface area contributed by atoms with E-state index in [-0.39, 0.29) is 0 Å². The summed E-state index contributed by atoms with van der Waals surface area (Å²) >= 11 is 5.83. The maximum Gasteiger partial charge on any atom is 0.253 e. The van der Waals surface area contributed by atoms with Gasteiger partial charge in [0.1, 0.15) is 11.8 Å². The van der Waals surface area contributed by atoms with Crippen LogP contribution in [0.1, 0.15) is 5.69 Å². The Morgan fingerprint density at radius 1 is 1.11 bits per heavy atom. The summed E-state index contributed by atoms with van der Waals surface area (Å²) in [6, 6.07) is 15.9. The zero-order chi connectivity index (χ0) is 13.4. The molecule has 0 aliphatic heterocycles. The van der Waals surface area contributed by atoms with Gasteiger partial charge in [-0.3, -0.25) is 0 Å². The van der Waals surface area contributed by atoms with Crippen LogP contribution < -0.4 is 4.85 Å². The Labute approximate surface area is 114 Å². The highest BCUT2D eigenvalue weighted by Crippen LogP contribution is 2.20. The minimum atomic E-state index is 0.313. The second kappa shape index (κ2) is 4.30. The Hall–Kier alpha value is -2.51. The average Bonchev–Trinajstić information content (AvgIpc) is 2.73. The summed E-state index contributed by atoms with van der Waals surface area (Å²) in [5.41, 5.74) is 1.38. The largest absolute Gasteiger partial charge is 0.595 e. The number of rotatable bonds is 1. The van der Waals surface area contributed by atoms with Crippen molar-refractivity contribution < 1.29 is 4.85 Å². The Bertz CT molecular complexity index is 800. The summed E-state index contributed by atoms with van der Waals surface area (Å²) in [7, 11) is 0. The monoisotopic (exact) mass is 269 g/mol. The van der Waals surface area contributed by atoms with E-state index in [0.717, 1.165) is 4.85 Å². The van der Waals surface area contributed by atoms with Gasteiger partial charge in [0.2, 0.25) is 0 Å². The van der Waals surface area contributed by atoms with E-state index in [1.807, 2.05) is 0 Å². The molecule has 0 aliphatic carbocycles. The fourth-order valence-electron chi connectivity index (χ4n) is 2.08. The number of para-hydroxylation sites is 1. The third kappa shape index (κ3) is 1.72. The molecular formula is C14H8ClN3O. The van der Waals surface area contributed by atoms with Gasteiger partial charge in [0.15, 0.2) is 5.69 Å². The number of benzene rings is 2. The first-order valence-corrected chi connectivity index (χ1v) is 5.99. The van der Waals surface area contributed by atoms with Crippen molar-refractivity contribution in [3.05, 3.63) is 64.5 Å². The second-order valence-corrected chi connectivity index (χ2v) is 4.48. The molecule has 0 saturated carbocycles. The second-order valence-electron chi connectivity index (χ2n) is 4.04. The Kier molecular flexibility index (Phi) is 2.62. The van der Waals surface area contributed by atoms with Crippen LogP contribution in [0.4, 0.5) is 0 Å². The number of nitrogens with zero attached hydrogens (tertiary/aromatic N) is 3. The van der Waals surface area contributed by atoms with Crippen LogP contribution in [0.5, 0.6) is 0 Å². The predicted molar refractivity (Wildman–Crippen MR) is 72.0 cm³/mol. The Balaban J connectivity index is 2.38. The van der Waals surface area contributed by atoms with Crippen LogP contribution in [0.2, 0.25) is 5.02 Å². The molecule has 0 bridgehead atoms. The van der Waals surface area contributed by atoms with E-state index in [4.69, 9.17) is 11.6 Å². The number of aromatic nitrogens is 2. The lowest BCUT2D eigenvalue weighted by molar-refractivity contribution is -0.659. The fraction of sp³-hybridized carbons (Fsp3) is 0. The highest BCUT2D eigenvalue weighted by molar-refractivity contribution is 6.30. The molecule has 0 amide bonds. The lowest BCUT2D eigenvalue weighted by Gasteiger charge is -2.04. The molecular weight excluding hydrogens is 262 g/mol. The molecule has 0 atom stereocenters. The Morgan fingerprint density at radius 2 is 1.79 bits per heavy atom. The van der Waals surface area contributed by atoms with Crippen LogP contribution in [-0.4, -0.2) is 4.68 Å². The molecule has 1 heterocycles. The van der Waals surface area contributed by atoms with Crippen LogP contribution in [-0.2, 0) is 0 Å². The first-order chi connectivity index (χ1) is 9.22. The van der Waals surface area contributed by atoms with Gasteiger partial charge in [-0.2, -0.15) is 5.26 Å². The molecule has 0 unspecified atom stereocenters. The Morgan fingerprint density at radius 3 is 2.47 bits per heavy atom. The van der Waals surface area contributed by atoms with Crippen molar-refractivity contribution in [1.82, 2.24) is 4.68 Å². The molecule has 0 N–H and O–H groups in total. The van der Waals surface area contributed by atoms with Crippen molar-refractivity contribution >= 4 is 22.5 Å². The summed E-state index contributed by atoms with van der Waals surface area (Å²) in [6.45, 7) is 0. The van der Waals surface area contributed by atoms with E-state index in [0.29, 0.717) is 27.3 Å². The van der Waals surface area contributed by atoms with Crippen molar-refractivity contribution in [2.45, 2.75) is 0 Å². The maximum atomic E-state index is 12.3. The molecule has 19 heavy (non-hydrogen) atoms. The standard InChI is InChI=1S/C14H8ClN3O/c15-10-5-7-11(8-6-10)17-14(9-16)12-3-1-2-4-13(12)18(17)19/h1-8H. The van der Waals surface area contributed by atoms with Gasteiger partial charge in [-0.25, -0.2) is 0 Å². The van der Waals surface area contributed by atoms with Crippen LogP contribution in [0.15, 0.2) is 48.5 Å². The van der Waals surface area contributed by atoms with E-state index in [1.54, 1.807) is 48.5 Å². The number of fused-ring (bicyclic) bond motifs is 1. The molecule has 5 heteroatoms. The van der Waals surface area contributed by atoms with Gasteiger partial charge in [0.25, 0.3) is 5.52 Å². The van der Waals surface area contributed by atoms with Gasteiger partial charge >= 0.3 is 0 Å². The smallest absolute Gasteiger partial charge is 0.253 e. The lowest BCUT2D eigenvalue weighted by Crippen LogP contribution is -2.36. The molecule has 0 fully saturated rings. The SMILES string of the molecule is N#Cc1c2ccccc2[n+]([O-])n1-c1ccc(Cl)cc1. The zero-order valence-electron chi connectivity index (χ0n) is 9.75. The highest BCUT2D eigenvalue weighted by Gasteiger charge is 2.21. The molecule has 3 aromatic rings. The molecule has 3 rings (SSSR count). The van der Waals surface area contributed by atoms with E-state index in [1.165, 1.54) is 4.68 Å². The first-order valence-electron chi connectivity index (χ1n) is 5.61. The van der Waals surface area contributed by atoms with Gasteiger partial charge in [-0.1, -0.05) is 33.3 Å². The number of hydrogen-bond acceptors (Lipinski definition) is 2. The van der Waals surface area contributed by atoms with E-state index >= 15 is 0 Å². The molecule has 92 valence electrons. The first kappa shape index (κ1) is 11.6. The summed E-state index contributed by atoms with van der Waals surface area (Å²) in [6.07, 6.45) is 0. The van der Waals surface area contributed by atoms with Crippen LogP contribution >= 0.6 is 11.6 Å². The van der Waals surface area contributed by atoms with Crippen molar-refractivity contribution in [3.8, 4) is 11.8 Å². The third-order valence-corrected chi connectivity index (χ3v) is 3.19. The number of nitriles is 1. The van der Waals surface area contributed by atoms with Crippen molar-refractivity contribution in [3.63, 3.8) is 0 Å². The maximum absolute atomic E-state index is 12.3. The minimum Gasteiger partial charge on any atom is -0.595 e. The minimum absolute atomic E-state index is 0.313. The van der Waals surface area contributed by atoms with E-state index in [2.05, 4.69) is 6.07 Å². The summed E-state index contributed by atoms with van der Waals surface area (Å²) in [4.78, 5) is 0.719. The molecule has 2 aromatic carbocycles. The zero-order valence-corrected chi connectivity index (χ0v) is 10.5. The van der Waals surface area contributed by atoms with Gasteiger partial charge < -0.3 is 5.21 Å². The van der Waals surface area contributed by atoms with Crippen LogP contribution in [0, 0.1) is 16.5 Å². The van der Waals surface area contributed by atoms with Crippen molar-refractivity contribution in [2.75, 3.05) is 0 Å². The van der Waals surface area contributed by atoms with Crippen molar-refractivity contribution in [2.24, 2.45) is 0 Å². The lowest BCUT2D eigenvalue weighted by atomic mass is 10.2. The average molecular weight is 270 g/mol. The molecule has 0 aliphatic rings. The summed E-state index contributed by atoms with van der Waals surface area (Å²) in [5, 5.41) is 22.8. The number of hydrogen-bond donors (Lipinski definition) is 0. The molecule has 0 saturated heterocycles. The van der Waals surface area contributed by atoms with Crippen LogP contribution in [0.3, 0.4) is 0 Å². The van der Waals surface area contributed by atoms with Gasteiger partial charge in [0, 0.05) is 11.1 Å². The van der Waals surface area contributed by atoms with Gasteiger partial charge in [0.05, 0.1) is 5.39 Å². The molecule has 4 nitrogen and oxygen atoms in total. The molecule has 1 aromatic heterocycles. The quantitative estimate of drug-likeness (QED) is 0.504. The highest BCUT2D eigenvalue weighted by atomic mass is 35.5. The van der Waals surface area contributed by atoms with Gasteiger partial charge in [-0.15, -0.1) is 0 Å². The topological polar surface area (TPSA) is 55.7 Å². The fourth-order valence-corrected chi connectivity index (χ4v) is 2.20. The number of halogens is 1. The molecule has 0 radical (unpaired) electrons. The van der Waals surface area contributed by atoms with E-state index < -0.39 is 0 Å². The summed E-state index contributed by atoms with van der Waals surface area (Å²) in [5.74, 6) is 0. The van der Waals surface area contributed by atoms with Crippen molar-refractivity contribution in [1.29, 1.82) is 5.26 Å².